The SMILES string of the molecule is C=C(C)C.C=CC1=C(C=C)C(C)N(C(=O)/C=C/c2cc(Cc3c(C)nc(N)nc3N)cc(OC)c2OC)N=C1. The van der Waals surface area contributed by atoms with Gasteiger partial charge in [-0.2, -0.15) is 10.1 Å². The zero-order chi connectivity index (χ0) is 29.3. The Morgan fingerprint density at radius 1 is 1.13 bits per heavy atom. The molecule has 1 aromatic carbocycles. The molecule has 0 spiro atoms. The van der Waals surface area contributed by atoms with Crippen LogP contribution in [0.3, 0.4) is 0 Å². The highest BCUT2D eigenvalue weighted by Crippen LogP contribution is 2.35. The minimum absolute atomic E-state index is 0.127. The van der Waals surface area contributed by atoms with Gasteiger partial charge < -0.3 is 20.9 Å². The lowest BCUT2D eigenvalue weighted by atomic mass is 9.99. The molecule has 2 aromatic rings. The Hall–Kier alpha value is -4.66. The Kier molecular flexibility index (Phi) is 10.8. The van der Waals surface area contributed by atoms with Crippen molar-refractivity contribution >= 4 is 30.0 Å². The van der Waals surface area contributed by atoms with Crippen LogP contribution in [0.1, 0.15) is 43.2 Å². The second-order valence-electron chi connectivity index (χ2n) is 9.09. The molecule has 0 radical (unpaired) electrons. The molecule has 2 heterocycles. The van der Waals surface area contributed by atoms with Crippen molar-refractivity contribution in [1.82, 2.24) is 15.0 Å². The second kappa shape index (κ2) is 13.8. The third kappa shape index (κ3) is 7.67. The smallest absolute Gasteiger partial charge is 0.267 e. The van der Waals surface area contributed by atoms with Gasteiger partial charge in [0.05, 0.1) is 26.5 Å². The minimum atomic E-state index is -0.297. The molecule has 0 aliphatic carbocycles. The zero-order valence-electron chi connectivity index (χ0n) is 23.6. The average Bonchev–Trinajstić information content (AvgIpc) is 2.88. The van der Waals surface area contributed by atoms with E-state index in [1.165, 1.54) is 16.7 Å². The van der Waals surface area contributed by atoms with E-state index < -0.39 is 0 Å². The lowest BCUT2D eigenvalue weighted by Gasteiger charge is -2.28. The maximum atomic E-state index is 13.0. The summed E-state index contributed by atoms with van der Waals surface area (Å²) in [6, 6.07) is 3.46. The molecule has 1 amide bonds. The van der Waals surface area contributed by atoms with Gasteiger partial charge in [0.2, 0.25) is 5.95 Å². The van der Waals surface area contributed by atoms with E-state index in [-0.39, 0.29) is 17.9 Å². The van der Waals surface area contributed by atoms with Gasteiger partial charge in [-0.15, -0.1) is 6.58 Å². The molecule has 9 nitrogen and oxygen atoms in total. The summed E-state index contributed by atoms with van der Waals surface area (Å²) in [6.07, 6.45) is 8.56. The molecule has 39 heavy (non-hydrogen) atoms. The molecule has 3 rings (SSSR count). The normalized spacial score (nSPS) is 14.5. The van der Waals surface area contributed by atoms with Gasteiger partial charge in [0, 0.05) is 29.3 Å². The standard InChI is InChI=1S/C26H30N6O3.C4H8/c1-7-18-14-29-32(16(4)20(18)8-2)23(33)10-9-19-11-17(13-22(34-5)24(19)35-6)12-21-15(3)30-26(28)31-25(21)27;1-4(2)3/h7-11,13-14,16H,1-2,12H2,3-6H3,(H4,27,28,30,31);1H2,2-3H3/b10-9+;. The van der Waals surface area contributed by atoms with E-state index in [0.717, 1.165) is 22.3 Å². The number of hydrogen-bond donors (Lipinski definition) is 2. The molecule has 1 unspecified atom stereocenters. The molecule has 0 fully saturated rings. The minimum Gasteiger partial charge on any atom is -0.493 e. The van der Waals surface area contributed by atoms with E-state index in [0.29, 0.717) is 35.0 Å². The monoisotopic (exact) mass is 530 g/mol. The van der Waals surface area contributed by atoms with Crippen LogP contribution in [0.5, 0.6) is 11.5 Å². The molecule has 1 aromatic heterocycles. The zero-order valence-corrected chi connectivity index (χ0v) is 23.6. The number of anilines is 2. The van der Waals surface area contributed by atoms with Crippen molar-refractivity contribution in [1.29, 1.82) is 0 Å². The summed E-state index contributed by atoms with van der Waals surface area (Å²) < 4.78 is 11.1. The number of ether oxygens (including phenoxy) is 2. The number of nitrogens with zero attached hydrogens (tertiary/aromatic N) is 4. The molecule has 4 N–H and O–H groups in total. The van der Waals surface area contributed by atoms with Gasteiger partial charge in [-0.1, -0.05) is 30.9 Å². The number of allylic oxidation sites excluding steroid dienone is 3. The van der Waals surface area contributed by atoms with Crippen LogP contribution in [0.2, 0.25) is 0 Å². The molecule has 0 bridgehead atoms. The van der Waals surface area contributed by atoms with Crippen LogP contribution < -0.4 is 20.9 Å². The summed E-state index contributed by atoms with van der Waals surface area (Å²) in [6.45, 7) is 18.8. The van der Waals surface area contributed by atoms with Gasteiger partial charge in [0.1, 0.15) is 5.82 Å². The summed E-state index contributed by atoms with van der Waals surface area (Å²) in [4.78, 5) is 21.3. The van der Waals surface area contributed by atoms with E-state index in [9.17, 15) is 4.79 Å². The van der Waals surface area contributed by atoms with E-state index in [2.05, 4.69) is 34.8 Å². The number of methoxy groups -OCH3 is 2. The fraction of sp³-hybridized carbons (Fsp3) is 0.267. The third-order valence-electron chi connectivity index (χ3n) is 5.75. The Morgan fingerprint density at radius 2 is 1.79 bits per heavy atom. The van der Waals surface area contributed by atoms with Crippen LogP contribution in [-0.4, -0.2) is 47.4 Å². The molecule has 1 atom stereocenters. The predicted molar refractivity (Wildman–Crippen MR) is 160 cm³/mol. The number of aromatic nitrogens is 2. The Morgan fingerprint density at radius 3 is 2.33 bits per heavy atom. The largest absolute Gasteiger partial charge is 0.493 e. The number of benzene rings is 1. The Balaban J connectivity index is 0.00000124. The number of hydrogen-bond acceptors (Lipinski definition) is 8. The quantitative estimate of drug-likeness (QED) is 0.361. The lowest BCUT2D eigenvalue weighted by molar-refractivity contribution is -0.127. The summed E-state index contributed by atoms with van der Waals surface area (Å²) in [5.74, 6) is 1.16. The van der Waals surface area contributed by atoms with E-state index in [4.69, 9.17) is 20.9 Å². The van der Waals surface area contributed by atoms with E-state index >= 15 is 0 Å². The number of aryl methyl sites for hydroxylation is 1. The second-order valence-corrected chi connectivity index (χ2v) is 9.09. The van der Waals surface area contributed by atoms with Crippen molar-refractivity contribution in [2.45, 2.75) is 40.2 Å². The first-order valence-corrected chi connectivity index (χ1v) is 12.3. The third-order valence-corrected chi connectivity index (χ3v) is 5.75. The molecule has 206 valence electrons. The van der Waals surface area contributed by atoms with Crippen LogP contribution in [-0.2, 0) is 11.2 Å². The van der Waals surface area contributed by atoms with Gasteiger partial charge in [0.25, 0.3) is 5.91 Å². The number of nitrogens with two attached hydrogens (primary N) is 2. The van der Waals surface area contributed by atoms with E-state index in [1.54, 1.807) is 38.7 Å². The van der Waals surface area contributed by atoms with Crippen molar-refractivity contribution in [3.8, 4) is 11.5 Å². The van der Waals surface area contributed by atoms with Crippen LogP contribution in [0, 0.1) is 6.92 Å². The lowest BCUT2D eigenvalue weighted by Crippen LogP contribution is -2.37. The van der Waals surface area contributed by atoms with Crippen LogP contribution in [0.25, 0.3) is 6.08 Å². The van der Waals surface area contributed by atoms with Gasteiger partial charge in [-0.3, -0.25) is 4.79 Å². The van der Waals surface area contributed by atoms with Crippen molar-refractivity contribution in [3.63, 3.8) is 0 Å². The summed E-state index contributed by atoms with van der Waals surface area (Å²) >= 11 is 0. The number of carbonyl (C=O) groups excluding carboxylic acids is 1. The van der Waals surface area contributed by atoms with E-state index in [1.807, 2.05) is 39.8 Å². The maximum Gasteiger partial charge on any atom is 0.267 e. The van der Waals surface area contributed by atoms with Gasteiger partial charge in [0.15, 0.2) is 11.5 Å². The van der Waals surface area contributed by atoms with Crippen LogP contribution in [0.15, 0.2) is 71.9 Å². The van der Waals surface area contributed by atoms with Gasteiger partial charge in [-0.25, -0.2) is 9.99 Å². The average molecular weight is 531 g/mol. The maximum absolute atomic E-state index is 13.0. The molecule has 0 saturated heterocycles. The summed E-state index contributed by atoms with van der Waals surface area (Å²) in [5.41, 5.74) is 17.6. The summed E-state index contributed by atoms with van der Waals surface area (Å²) in [5, 5.41) is 5.68. The molecule has 1 aliphatic rings. The fourth-order valence-electron chi connectivity index (χ4n) is 3.96. The molecule has 1 aliphatic heterocycles. The molecule has 0 saturated carbocycles. The van der Waals surface area contributed by atoms with Crippen molar-refractivity contribution in [2.75, 3.05) is 25.7 Å². The number of amides is 1. The van der Waals surface area contributed by atoms with Crippen molar-refractivity contribution in [2.24, 2.45) is 5.10 Å². The topological polar surface area (TPSA) is 129 Å². The van der Waals surface area contributed by atoms with Crippen LogP contribution in [0.4, 0.5) is 11.8 Å². The number of nitrogen functional groups attached to an aromatic ring is 2. The number of rotatable bonds is 8. The highest BCUT2D eigenvalue weighted by Gasteiger charge is 2.24. The Labute approximate surface area is 230 Å². The first kappa shape index (κ1) is 30.6. The Bertz CT molecular complexity index is 1330. The van der Waals surface area contributed by atoms with Crippen LogP contribution >= 0.6 is 0 Å². The first-order chi connectivity index (χ1) is 18.5. The first-order valence-electron chi connectivity index (χ1n) is 12.3. The molecular formula is C30H38N6O3. The highest BCUT2D eigenvalue weighted by atomic mass is 16.5. The number of hydrazone groups is 1. The van der Waals surface area contributed by atoms with Gasteiger partial charge in [-0.05, 0) is 62.6 Å². The molecule has 9 heteroatoms. The summed E-state index contributed by atoms with van der Waals surface area (Å²) in [7, 11) is 3.10. The molecular weight excluding hydrogens is 492 g/mol. The van der Waals surface area contributed by atoms with Gasteiger partial charge >= 0.3 is 0 Å². The highest BCUT2D eigenvalue weighted by molar-refractivity contribution is 5.95. The van der Waals surface area contributed by atoms with Crippen molar-refractivity contribution < 1.29 is 14.3 Å². The number of carbonyl (C=O) groups is 1. The van der Waals surface area contributed by atoms with Crippen molar-refractivity contribution in [3.05, 3.63) is 89.2 Å². The fourth-order valence-corrected chi connectivity index (χ4v) is 3.96. The predicted octanol–water partition coefficient (Wildman–Crippen LogP) is 5.04.